The highest BCUT2D eigenvalue weighted by Gasteiger charge is 2.35. The van der Waals surface area contributed by atoms with E-state index in [1.807, 2.05) is 30.3 Å². The molecule has 0 fully saturated rings. The smallest absolute Gasteiger partial charge is 0.338 e. The molecule has 7 nitrogen and oxygen atoms in total. The van der Waals surface area contributed by atoms with Crippen LogP contribution in [0.3, 0.4) is 0 Å². The average Bonchev–Trinajstić information content (AvgIpc) is 3.16. The maximum atomic E-state index is 13.8. The quantitative estimate of drug-likeness (QED) is 0.389. The second-order valence-corrected chi connectivity index (χ2v) is 10.3. The number of hydrogen-bond acceptors (Lipinski definition) is 7. The molecule has 0 unspecified atom stereocenters. The number of allylic oxidation sites excluding steroid dienone is 1. The molecule has 2 aromatic carbocycles. The molecule has 9 heteroatoms. The van der Waals surface area contributed by atoms with E-state index < -0.39 is 12.0 Å². The summed E-state index contributed by atoms with van der Waals surface area (Å²) in [5.74, 6) is 0.730. The topological polar surface area (TPSA) is 79.1 Å². The van der Waals surface area contributed by atoms with Crippen molar-refractivity contribution in [3.05, 3.63) is 89.6 Å². The predicted molar refractivity (Wildman–Crippen MR) is 145 cm³/mol. The molecule has 194 valence electrons. The number of esters is 1. The molecule has 0 radical (unpaired) electrons. The van der Waals surface area contributed by atoms with Gasteiger partial charge in [-0.15, -0.1) is 0 Å². The van der Waals surface area contributed by atoms with Gasteiger partial charge in [-0.25, -0.2) is 9.79 Å². The molecule has 0 spiro atoms. The Labute approximate surface area is 224 Å². The minimum Gasteiger partial charge on any atom is -0.496 e. The number of benzene rings is 2. The Morgan fingerprint density at radius 3 is 2.59 bits per heavy atom. The van der Waals surface area contributed by atoms with Crippen LogP contribution in [0.1, 0.15) is 51.3 Å². The largest absolute Gasteiger partial charge is 0.496 e. The average molecular weight is 541 g/mol. The molecule has 0 amide bonds. The van der Waals surface area contributed by atoms with Crippen LogP contribution in [0.5, 0.6) is 11.5 Å². The summed E-state index contributed by atoms with van der Waals surface area (Å²) in [6, 6.07) is 11.9. The first-order valence-corrected chi connectivity index (χ1v) is 13.2. The van der Waals surface area contributed by atoms with Gasteiger partial charge in [0.2, 0.25) is 0 Å². The van der Waals surface area contributed by atoms with Crippen LogP contribution in [0.2, 0.25) is 5.02 Å². The molecule has 0 saturated carbocycles. The van der Waals surface area contributed by atoms with Gasteiger partial charge in [0.15, 0.2) is 4.80 Å². The van der Waals surface area contributed by atoms with Crippen molar-refractivity contribution in [1.82, 2.24) is 4.57 Å². The zero-order valence-corrected chi connectivity index (χ0v) is 23.0. The second-order valence-electron chi connectivity index (χ2n) is 8.84. The molecule has 0 saturated heterocycles. The summed E-state index contributed by atoms with van der Waals surface area (Å²) >= 11 is 7.61. The van der Waals surface area contributed by atoms with E-state index in [9.17, 15) is 9.59 Å². The van der Waals surface area contributed by atoms with Gasteiger partial charge in [0.05, 0.1) is 35.6 Å². The Kier molecular flexibility index (Phi) is 8.19. The fourth-order valence-corrected chi connectivity index (χ4v) is 5.33. The van der Waals surface area contributed by atoms with Gasteiger partial charge in [-0.2, -0.15) is 0 Å². The van der Waals surface area contributed by atoms with Crippen molar-refractivity contribution in [2.24, 2.45) is 4.99 Å². The lowest BCUT2D eigenvalue weighted by atomic mass is 9.95. The number of carbonyl (C=O) groups excluding carboxylic acids is 1. The van der Waals surface area contributed by atoms with Crippen molar-refractivity contribution in [3.8, 4) is 11.5 Å². The van der Waals surface area contributed by atoms with Crippen LogP contribution in [-0.2, 0) is 9.53 Å². The molecule has 1 aliphatic rings. The fraction of sp³-hybridized carbons (Fsp3) is 0.321. The predicted octanol–water partition coefficient (Wildman–Crippen LogP) is 4.64. The van der Waals surface area contributed by atoms with Crippen LogP contribution in [0.15, 0.2) is 63.5 Å². The third kappa shape index (κ3) is 5.65. The second kappa shape index (κ2) is 11.4. The third-order valence-electron chi connectivity index (χ3n) is 5.72. The maximum Gasteiger partial charge on any atom is 0.338 e. The number of thiazole rings is 1. The summed E-state index contributed by atoms with van der Waals surface area (Å²) in [5, 5.41) is 0.453. The first-order valence-electron chi connectivity index (χ1n) is 12.0. The van der Waals surface area contributed by atoms with Crippen molar-refractivity contribution in [2.45, 2.75) is 46.3 Å². The minimum atomic E-state index is -0.817. The van der Waals surface area contributed by atoms with E-state index in [0.29, 0.717) is 38.0 Å². The molecule has 0 bridgehead atoms. The van der Waals surface area contributed by atoms with Gasteiger partial charge >= 0.3 is 5.97 Å². The van der Waals surface area contributed by atoms with Gasteiger partial charge in [0.25, 0.3) is 5.56 Å². The lowest BCUT2D eigenvalue weighted by Crippen LogP contribution is -2.40. The highest BCUT2D eigenvalue weighted by Crippen LogP contribution is 2.37. The molecule has 37 heavy (non-hydrogen) atoms. The fourth-order valence-electron chi connectivity index (χ4n) is 4.10. The van der Waals surface area contributed by atoms with Crippen molar-refractivity contribution < 1.29 is 19.0 Å². The lowest BCUT2D eigenvalue weighted by Gasteiger charge is -2.26. The number of carbonyl (C=O) groups is 1. The number of fused-ring (bicyclic) bond motifs is 1. The SMILES string of the molecule is CCCOc1ccc(/C=c2/sc3n(c2=O)[C@H](c2cc(Cl)ccc2OC)C(C(=O)OC(C)C)=C(C)N=3)cc1. The molecular weight excluding hydrogens is 512 g/mol. The summed E-state index contributed by atoms with van der Waals surface area (Å²) in [5.41, 5.74) is 1.89. The van der Waals surface area contributed by atoms with E-state index in [1.165, 1.54) is 23.0 Å². The van der Waals surface area contributed by atoms with Crippen LogP contribution in [0.4, 0.5) is 0 Å². The summed E-state index contributed by atoms with van der Waals surface area (Å²) in [6.45, 7) is 7.99. The molecule has 1 atom stereocenters. The van der Waals surface area contributed by atoms with Crippen LogP contribution >= 0.6 is 22.9 Å². The number of hydrogen-bond donors (Lipinski definition) is 0. The lowest BCUT2D eigenvalue weighted by molar-refractivity contribution is -0.143. The molecule has 1 aromatic heterocycles. The number of methoxy groups -OCH3 is 1. The number of nitrogens with zero attached hydrogens (tertiary/aromatic N) is 2. The van der Waals surface area contributed by atoms with Gasteiger partial charge in [0, 0.05) is 10.6 Å². The van der Waals surface area contributed by atoms with Crippen LogP contribution in [0, 0.1) is 0 Å². The van der Waals surface area contributed by atoms with Crippen molar-refractivity contribution >= 4 is 35.0 Å². The van der Waals surface area contributed by atoms with Gasteiger partial charge in [-0.3, -0.25) is 9.36 Å². The monoisotopic (exact) mass is 540 g/mol. The Balaban J connectivity index is 1.90. The highest BCUT2D eigenvalue weighted by atomic mass is 35.5. The number of aromatic nitrogens is 1. The molecule has 1 aliphatic heterocycles. The van der Waals surface area contributed by atoms with Crippen LogP contribution < -0.4 is 24.4 Å². The molecule has 2 heterocycles. The van der Waals surface area contributed by atoms with Crippen molar-refractivity contribution in [3.63, 3.8) is 0 Å². The first kappa shape index (κ1) is 26.7. The van der Waals surface area contributed by atoms with E-state index in [0.717, 1.165) is 17.7 Å². The maximum absolute atomic E-state index is 13.8. The molecule has 0 aliphatic carbocycles. The van der Waals surface area contributed by atoms with Crippen LogP contribution in [0.25, 0.3) is 6.08 Å². The highest BCUT2D eigenvalue weighted by molar-refractivity contribution is 7.07. The zero-order valence-electron chi connectivity index (χ0n) is 21.4. The number of rotatable bonds is 8. The van der Waals surface area contributed by atoms with Gasteiger partial charge < -0.3 is 14.2 Å². The van der Waals surface area contributed by atoms with E-state index >= 15 is 0 Å². The molecule has 3 aromatic rings. The Hall–Kier alpha value is -3.36. The standard InChI is InChI=1S/C28H29ClN2O5S/c1-6-13-35-20-10-7-18(8-11-20)14-23-26(32)31-25(21-15-19(29)9-12-22(21)34-5)24(27(33)36-16(2)3)17(4)30-28(31)37-23/h7-12,14-16,25H,6,13H2,1-5H3/b23-14+/t25-/m1/s1. The van der Waals surface area contributed by atoms with Crippen LogP contribution in [-0.4, -0.2) is 30.4 Å². The minimum absolute atomic E-state index is 0.269. The third-order valence-corrected chi connectivity index (χ3v) is 6.94. The summed E-state index contributed by atoms with van der Waals surface area (Å²) < 4.78 is 18.8. The molecule has 0 N–H and O–H groups in total. The Morgan fingerprint density at radius 2 is 1.95 bits per heavy atom. The summed E-state index contributed by atoms with van der Waals surface area (Å²) in [4.78, 5) is 32.2. The zero-order chi connectivity index (χ0) is 26.7. The summed E-state index contributed by atoms with van der Waals surface area (Å²) in [6.07, 6.45) is 2.39. The summed E-state index contributed by atoms with van der Waals surface area (Å²) in [7, 11) is 1.53. The van der Waals surface area contributed by atoms with Gasteiger partial charge in [-0.1, -0.05) is 42.0 Å². The van der Waals surface area contributed by atoms with E-state index in [-0.39, 0.29) is 17.2 Å². The Morgan fingerprint density at radius 1 is 1.22 bits per heavy atom. The van der Waals surface area contributed by atoms with Crippen molar-refractivity contribution in [2.75, 3.05) is 13.7 Å². The van der Waals surface area contributed by atoms with E-state index in [4.69, 9.17) is 25.8 Å². The molecule has 4 rings (SSSR count). The number of ether oxygens (including phenoxy) is 3. The first-order chi connectivity index (χ1) is 17.7. The van der Waals surface area contributed by atoms with Gasteiger partial charge in [0.1, 0.15) is 17.5 Å². The normalized spacial score (nSPS) is 15.4. The van der Waals surface area contributed by atoms with Gasteiger partial charge in [-0.05, 0) is 69.2 Å². The van der Waals surface area contributed by atoms with E-state index in [1.54, 1.807) is 39.0 Å². The Bertz CT molecular complexity index is 1520. The van der Waals surface area contributed by atoms with E-state index in [2.05, 4.69) is 11.9 Å². The van der Waals surface area contributed by atoms with Crippen molar-refractivity contribution in [1.29, 1.82) is 0 Å². The number of halogens is 1. The molecular formula is C28H29ClN2O5S.